The van der Waals surface area contributed by atoms with E-state index in [0.29, 0.717) is 5.88 Å². The van der Waals surface area contributed by atoms with E-state index in [0.717, 1.165) is 30.9 Å². The predicted octanol–water partition coefficient (Wildman–Crippen LogP) is 3.22. The van der Waals surface area contributed by atoms with Crippen LogP contribution >= 0.6 is 11.6 Å². The molecule has 3 heteroatoms. The van der Waals surface area contributed by atoms with Crippen molar-refractivity contribution in [1.82, 2.24) is 4.98 Å². The van der Waals surface area contributed by atoms with Crippen LogP contribution in [0.1, 0.15) is 18.9 Å². The summed E-state index contributed by atoms with van der Waals surface area (Å²) in [6.45, 7) is 7.71. The molecule has 0 fully saturated rings. The molecule has 2 nitrogen and oxygen atoms in total. The van der Waals surface area contributed by atoms with Gasteiger partial charge in [0.15, 0.2) is 0 Å². The van der Waals surface area contributed by atoms with Crippen molar-refractivity contribution in [3.8, 4) is 0 Å². The van der Waals surface area contributed by atoms with Crippen LogP contribution < -0.4 is 4.90 Å². The number of aromatic nitrogens is 1. The molecule has 0 spiro atoms. The third kappa shape index (κ3) is 3.24. The number of hydrogen-bond acceptors (Lipinski definition) is 2. The first kappa shape index (κ1) is 12.1. The highest BCUT2D eigenvalue weighted by Crippen LogP contribution is 2.19. The zero-order valence-electron chi connectivity index (χ0n) is 9.12. The molecular formula is C12H17ClN2. The topological polar surface area (TPSA) is 16.1 Å². The fraction of sp³-hybridized carbons (Fsp3) is 0.417. The third-order valence-corrected chi connectivity index (χ3v) is 2.44. The molecule has 0 unspecified atom stereocenters. The molecule has 1 aromatic rings. The number of rotatable bonds is 6. The van der Waals surface area contributed by atoms with Gasteiger partial charge in [-0.25, -0.2) is 4.98 Å². The molecule has 0 aromatic carbocycles. The molecule has 1 aromatic heterocycles. The van der Waals surface area contributed by atoms with Crippen molar-refractivity contribution in [2.45, 2.75) is 19.2 Å². The van der Waals surface area contributed by atoms with Crippen molar-refractivity contribution < 1.29 is 0 Å². The Hall–Kier alpha value is -1.02. The van der Waals surface area contributed by atoms with Gasteiger partial charge >= 0.3 is 0 Å². The number of alkyl halides is 1. The second-order valence-electron chi connectivity index (χ2n) is 3.35. The van der Waals surface area contributed by atoms with Gasteiger partial charge in [0, 0.05) is 24.8 Å². The van der Waals surface area contributed by atoms with E-state index < -0.39 is 0 Å². The van der Waals surface area contributed by atoms with Crippen molar-refractivity contribution >= 4 is 17.4 Å². The summed E-state index contributed by atoms with van der Waals surface area (Å²) in [5.74, 6) is 1.48. The molecule has 0 N–H and O–H groups in total. The Labute approximate surface area is 96.6 Å². The molecule has 1 rings (SSSR count). The number of hydrogen-bond donors (Lipinski definition) is 0. The number of pyridine rings is 1. The molecule has 82 valence electrons. The Bertz CT molecular complexity index is 312. The third-order valence-electron chi connectivity index (χ3n) is 2.15. The SMILES string of the molecule is C=CCN(CCC)c1ncccc1CCl. The Morgan fingerprint density at radius 2 is 2.40 bits per heavy atom. The Morgan fingerprint density at radius 1 is 1.60 bits per heavy atom. The number of anilines is 1. The van der Waals surface area contributed by atoms with Crippen LogP contribution in [0.5, 0.6) is 0 Å². The first-order valence-electron chi connectivity index (χ1n) is 5.19. The minimum atomic E-state index is 0.501. The Kier molecular flexibility index (Phi) is 5.19. The standard InChI is InChI=1S/C12H17ClN2/c1-3-8-15(9-4-2)12-11(10-13)6-5-7-14-12/h3,5-7H,1,4,8-10H2,2H3. The van der Waals surface area contributed by atoms with Gasteiger partial charge in [0.25, 0.3) is 0 Å². The summed E-state index contributed by atoms with van der Waals surface area (Å²) in [5, 5.41) is 0. The molecule has 0 atom stereocenters. The van der Waals surface area contributed by atoms with Crippen LogP contribution in [0.3, 0.4) is 0 Å². The summed E-state index contributed by atoms with van der Waals surface area (Å²) < 4.78 is 0. The molecule has 1 heterocycles. The molecule has 0 amide bonds. The maximum absolute atomic E-state index is 5.88. The maximum Gasteiger partial charge on any atom is 0.133 e. The molecule has 0 aliphatic heterocycles. The lowest BCUT2D eigenvalue weighted by molar-refractivity contribution is 0.798. The lowest BCUT2D eigenvalue weighted by Gasteiger charge is -2.23. The van der Waals surface area contributed by atoms with Crippen LogP contribution in [-0.4, -0.2) is 18.1 Å². The van der Waals surface area contributed by atoms with E-state index >= 15 is 0 Å². The summed E-state index contributed by atoms with van der Waals surface area (Å²) >= 11 is 5.88. The van der Waals surface area contributed by atoms with Crippen molar-refractivity contribution in [3.63, 3.8) is 0 Å². The van der Waals surface area contributed by atoms with Crippen LogP contribution in [0.2, 0.25) is 0 Å². The van der Waals surface area contributed by atoms with E-state index in [4.69, 9.17) is 11.6 Å². The molecule has 0 saturated heterocycles. The van der Waals surface area contributed by atoms with Crippen molar-refractivity contribution in [2.24, 2.45) is 0 Å². The highest BCUT2D eigenvalue weighted by atomic mass is 35.5. The highest BCUT2D eigenvalue weighted by Gasteiger charge is 2.09. The van der Waals surface area contributed by atoms with Crippen LogP contribution in [-0.2, 0) is 5.88 Å². The normalized spacial score (nSPS) is 10.0. The second-order valence-corrected chi connectivity index (χ2v) is 3.62. The minimum Gasteiger partial charge on any atom is -0.353 e. The van der Waals surface area contributed by atoms with Crippen molar-refractivity contribution in [1.29, 1.82) is 0 Å². The van der Waals surface area contributed by atoms with Gasteiger partial charge in [-0.2, -0.15) is 0 Å². The molecule has 0 saturated carbocycles. The quantitative estimate of drug-likeness (QED) is 0.545. The summed E-state index contributed by atoms with van der Waals surface area (Å²) in [6, 6.07) is 3.93. The van der Waals surface area contributed by atoms with Gasteiger partial charge in [0.05, 0.1) is 5.88 Å². The fourth-order valence-corrected chi connectivity index (χ4v) is 1.74. The van der Waals surface area contributed by atoms with E-state index in [-0.39, 0.29) is 0 Å². The molecule has 15 heavy (non-hydrogen) atoms. The minimum absolute atomic E-state index is 0.501. The monoisotopic (exact) mass is 224 g/mol. The summed E-state index contributed by atoms with van der Waals surface area (Å²) in [6.07, 6.45) is 4.78. The van der Waals surface area contributed by atoms with E-state index in [1.165, 1.54) is 0 Å². The molecular weight excluding hydrogens is 208 g/mol. The van der Waals surface area contributed by atoms with Gasteiger partial charge < -0.3 is 4.90 Å². The van der Waals surface area contributed by atoms with Gasteiger partial charge in [0.1, 0.15) is 5.82 Å². The largest absolute Gasteiger partial charge is 0.353 e. The lowest BCUT2D eigenvalue weighted by Crippen LogP contribution is -2.26. The molecule has 0 radical (unpaired) electrons. The van der Waals surface area contributed by atoms with E-state index in [9.17, 15) is 0 Å². The van der Waals surface area contributed by atoms with Crippen molar-refractivity contribution in [3.05, 3.63) is 36.5 Å². The van der Waals surface area contributed by atoms with E-state index in [2.05, 4.69) is 23.4 Å². The second kappa shape index (κ2) is 6.46. The highest BCUT2D eigenvalue weighted by molar-refractivity contribution is 6.17. The van der Waals surface area contributed by atoms with Gasteiger partial charge in [0.2, 0.25) is 0 Å². The van der Waals surface area contributed by atoms with Gasteiger partial charge in [-0.3, -0.25) is 0 Å². The van der Waals surface area contributed by atoms with Crippen LogP contribution in [0.25, 0.3) is 0 Å². The first-order valence-corrected chi connectivity index (χ1v) is 5.72. The summed E-state index contributed by atoms with van der Waals surface area (Å²) in [7, 11) is 0. The zero-order valence-corrected chi connectivity index (χ0v) is 9.87. The first-order chi connectivity index (χ1) is 7.33. The van der Waals surface area contributed by atoms with Crippen LogP contribution in [0, 0.1) is 0 Å². The smallest absolute Gasteiger partial charge is 0.133 e. The maximum atomic E-state index is 5.88. The number of halogens is 1. The summed E-state index contributed by atoms with van der Waals surface area (Å²) in [5.41, 5.74) is 1.08. The average Bonchev–Trinajstić information content (AvgIpc) is 2.29. The van der Waals surface area contributed by atoms with Gasteiger partial charge in [-0.1, -0.05) is 19.1 Å². The van der Waals surface area contributed by atoms with Crippen LogP contribution in [0.15, 0.2) is 31.0 Å². The predicted molar refractivity (Wildman–Crippen MR) is 66.5 cm³/mol. The molecule has 0 aliphatic rings. The molecule has 0 aliphatic carbocycles. The summed E-state index contributed by atoms with van der Waals surface area (Å²) in [4.78, 5) is 6.58. The Morgan fingerprint density at radius 3 is 3.00 bits per heavy atom. The fourth-order valence-electron chi connectivity index (χ4n) is 1.53. The Balaban J connectivity index is 2.92. The van der Waals surface area contributed by atoms with Crippen molar-refractivity contribution in [2.75, 3.05) is 18.0 Å². The molecule has 0 bridgehead atoms. The van der Waals surface area contributed by atoms with E-state index in [1.807, 2.05) is 18.2 Å². The zero-order chi connectivity index (χ0) is 11.1. The van der Waals surface area contributed by atoms with Gasteiger partial charge in [-0.15, -0.1) is 18.2 Å². The van der Waals surface area contributed by atoms with Crippen LogP contribution in [0.4, 0.5) is 5.82 Å². The average molecular weight is 225 g/mol. The number of nitrogens with zero attached hydrogens (tertiary/aromatic N) is 2. The van der Waals surface area contributed by atoms with Gasteiger partial charge in [-0.05, 0) is 12.5 Å². The lowest BCUT2D eigenvalue weighted by atomic mass is 10.2. The van der Waals surface area contributed by atoms with E-state index in [1.54, 1.807) is 6.20 Å².